The standard InChI is InChI=1S/C20H20BrClFN3O4/c1-29-9-3-8-24-19(27)20(28)26-25-11-13-6-7-18(15(21)10-13)30-12-14-16(22)4-2-5-17(14)23/h2,4-7,10-11H,3,8-9,12H2,1H3,(H,24,27)(H,26,28)/b25-11-. The maximum Gasteiger partial charge on any atom is 0.329 e. The molecule has 0 saturated carbocycles. The van der Waals surface area contributed by atoms with Gasteiger partial charge in [0.05, 0.1) is 15.7 Å². The van der Waals surface area contributed by atoms with E-state index >= 15 is 0 Å². The van der Waals surface area contributed by atoms with E-state index in [1.807, 2.05) is 0 Å². The summed E-state index contributed by atoms with van der Waals surface area (Å²) < 4.78 is 24.9. The maximum atomic E-state index is 13.8. The molecule has 0 saturated heterocycles. The minimum absolute atomic E-state index is 0.0346. The van der Waals surface area contributed by atoms with Crippen LogP contribution >= 0.6 is 27.5 Å². The number of halogens is 3. The van der Waals surface area contributed by atoms with Crippen molar-refractivity contribution in [1.82, 2.24) is 10.7 Å². The van der Waals surface area contributed by atoms with E-state index in [0.29, 0.717) is 35.4 Å². The zero-order chi connectivity index (χ0) is 21.9. The Morgan fingerprint density at radius 2 is 2.07 bits per heavy atom. The highest BCUT2D eigenvalue weighted by atomic mass is 79.9. The number of methoxy groups -OCH3 is 1. The highest BCUT2D eigenvalue weighted by molar-refractivity contribution is 9.10. The molecule has 2 aromatic rings. The van der Waals surface area contributed by atoms with Gasteiger partial charge in [-0.05, 0) is 58.2 Å². The Morgan fingerprint density at radius 3 is 2.77 bits per heavy atom. The molecule has 0 aliphatic rings. The second-order valence-electron chi connectivity index (χ2n) is 5.98. The smallest absolute Gasteiger partial charge is 0.329 e. The Morgan fingerprint density at radius 1 is 1.27 bits per heavy atom. The monoisotopic (exact) mass is 499 g/mol. The summed E-state index contributed by atoms with van der Waals surface area (Å²) in [4.78, 5) is 23.2. The van der Waals surface area contributed by atoms with Gasteiger partial charge >= 0.3 is 11.8 Å². The van der Waals surface area contributed by atoms with Crippen LogP contribution in [-0.2, 0) is 20.9 Å². The molecular weight excluding hydrogens is 481 g/mol. The Hall–Kier alpha value is -2.49. The molecule has 7 nitrogen and oxygen atoms in total. The molecule has 2 amide bonds. The molecule has 0 aliphatic carbocycles. The first-order chi connectivity index (χ1) is 14.4. The van der Waals surface area contributed by atoms with Crippen LogP contribution in [0.2, 0.25) is 5.02 Å². The lowest BCUT2D eigenvalue weighted by atomic mass is 10.2. The molecule has 0 radical (unpaired) electrons. The topological polar surface area (TPSA) is 89.0 Å². The molecule has 0 atom stereocenters. The number of nitrogens with zero attached hydrogens (tertiary/aromatic N) is 1. The molecule has 30 heavy (non-hydrogen) atoms. The average Bonchev–Trinajstić information content (AvgIpc) is 2.72. The van der Waals surface area contributed by atoms with Crippen LogP contribution in [0, 0.1) is 5.82 Å². The summed E-state index contributed by atoms with van der Waals surface area (Å²) in [5.41, 5.74) is 3.05. The van der Waals surface area contributed by atoms with Crippen molar-refractivity contribution in [1.29, 1.82) is 0 Å². The fourth-order valence-corrected chi connectivity index (χ4v) is 2.98. The van der Waals surface area contributed by atoms with Gasteiger partial charge < -0.3 is 14.8 Å². The maximum absolute atomic E-state index is 13.8. The fraction of sp³-hybridized carbons (Fsp3) is 0.250. The van der Waals surface area contributed by atoms with E-state index in [4.69, 9.17) is 21.1 Å². The summed E-state index contributed by atoms with van der Waals surface area (Å²) >= 11 is 9.36. The first-order valence-electron chi connectivity index (χ1n) is 8.87. The van der Waals surface area contributed by atoms with Gasteiger partial charge in [-0.2, -0.15) is 5.10 Å². The van der Waals surface area contributed by atoms with Crippen LogP contribution < -0.4 is 15.5 Å². The van der Waals surface area contributed by atoms with Gasteiger partial charge in [-0.15, -0.1) is 0 Å². The number of ether oxygens (including phenoxy) is 2. The zero-order valence-corrected chi connectivity index (χ0v) is 18.4. The number of rotatable bonds is 9. The molecule has 0 unspecified atom stereocenters. The van der Waals surface area contributed by atoms with Crippen LogP contribution in [0.5, 0.6) is 5.75 Å². The van der Waals surface area contributed by atoms with E-state index in [-0.39, 0.29) is 17.2 Å². The second-order valence-corrected chi connectivity index (χ2v) is 7.24. The lowest BCUT2D eigenvalue weighted by Crippen LogP contribution is -2.38. The summed E-state index contributed by atoms with van der Waals surface area (Å²) in [7, 11) is 1.55. The van der Waals surface area contributed by atoms with Crippen molar-refractivity contribution in [3.8, 4) is 5.75 Å². The Balaban J connectivity index is 1.87. The number of carbonyl (C=O) groups excluding carboxylic acids is 2. The van der Waals surface area contributed by atoms with E-state index in [9.17, 15) is 14.0 Å². The number of amides is 2. The van der Waals surface area contributed by atoms with E-state index in [0.717, 1.165) is 0 Å². The Labute approximate surface area is 186 Å². The Bertz CT molecular complexity index is 907. The van der Waals surface area contributed by atoms with Crippen LogP contribution in [0.4, 0.5) is 4.39 Å². The third kappa shape index (κ3) is 7.40. The van der Waals surface area contributed by atoms with Gasteiger partial charge in [0, 0.05) is 25.8 Å². The summed E-state index contributed by atoms with van der Waals surface area (Å²) in [6.07, 6.45) is 1.97. The van der Waals surface area contributed by atoms with Crippen molar-refractivity contribution < 1.29 is 23.5 Å². The van der Waals surface area contributed by atoms with Gasteiger partial charge in [0.25, 0.3) is 0 Å². The fourth-order valence-electron chi connectivity index (χ4n) is 2.25. The number of benzene rings is 2. The van der Waals surface area contributed by atoms with Crippen molar-refractivity contribution in [2.75, 3.05) is 20.3 Å². The van der Waals surface area contributed by atoms with Crippen LogP contribution in [-0.4, -0.2) is 38.3 Å². The van der Waals surface area contributed by atoms with Gasteiger partial charge in [0.1, 0.15) is 18.2 Å². The highest BCUT2D eigenvalue weighted by Crippen LogP contribution is 2.28. The molecule has 2 rings (SSSR count). The number of hydrogen-bond acceptors (Lipinski definition) is 5. The molecule has 10 heteroatoms. The lowest BCUT2D eigenvalue weighted by Gasteiger charge is -2.10. The predicted octanol–water partition coefficient (Wildman–Crippen LogP) is 3.42. The summed E-state index contributed by atoms with van der Waals surface area (Å²) in [6, 6.07) is 9.46. The molecule has 160 valence electrons. The van der Waals surface area contributed by atoms with Crippen molar-refractivity contribution in [3.63, 3.8) is 0 Å². The van der Waals surface area contributed by atoms with Gasteiger partial charge in [0.15, 0.2) is 0 Å². The molecule has 0 spiro atoms. The van der Waals surface area contributed by atoms with Gasteiger partial charge in [-0.25, -0.2) is 9.82 Å². The molecule has 0 bridgehead atoms. The molecule has 0 aromatic heterocycles. The highest BCUT2D eigenvalue weighted by Gasteiger charge is 2.12. The largest absolute Gasteiger partial charge is 0.488 e. The quantitative estimate of drug-likeness (QED) is 0.239. The lowest BCUT2D eigenvalue weighted by molar-refractivity contribution is -0.139. The number of nitrogens with one attached hydrogen (secondary N) is 2. The van der Waals surface area contributed by atoms with E-state index in [2.05, 4.69) is 31.8 Å². The van der Waals surface area contributed by atoms with E-state index in [1.54, 1.807) is 31.4 Å². The summed E-state index contributed by atoms with van der Waals surface area (Å²) in [6.45, 7) is 0.783. The van der Waals surface area contributed by atoms with Crippen LogP contribution in [0.3, 0.4) is 0 Å². The minimum atomic E-state index is -0.871. The third-order valence-electron chi connectivity index (χ3n) is 3.79. The Kier molecular flexibility index (Phi) is 9.72. The van der Waals surface area contributed by atoms with E-state index in [1.165, 1.54) is 18.3 Å². The summed E-state index contributed by atoms with van der Waals surface area (Å²) in [5.74, 6) is -1.61. The van der Waals surface area contributed by atoms with Gasteiger partial charge in [-0.1, -0.05) is 17.7 Å². The first-order valence-corrected chi connectivity index (χ1v) is 10.0. The SMILES string of the molecule is COCCCNC(=O)C(=O)N/N=C\c1ccc(OCc2c(F)cccc2Cl)c(Br)c1. The van der Waals surface area contributed by atoms with Crippen molar-refractivity contribution in [2.45, 2.75) is 13.0 Å². The van der Waals surface area contributed by atoms with Crippen molar-refractivity contribution in [3.05, 3.63) is 62.8 Å². The van der Waals surface area contributed by atoms with Gasteiger partial charge in [0.2, 0.25) is 0 Å². The zero-order valence-electron chi connectivity index (χ0n) is 16.1. The number of hydrogen-bond donors (Lipinski definition) is 2. The molecule has 0 heterocycles. The van der Waals surface area contributed by atoms with Crippen molar-refractivity contribution >= 4 is 45.6 Å². The normalized spacial score (nSPS) is 10.8. The van der Waals surface area contributed by atoms with Crippen LogP contribution in [0.25, 0.3) is 0 Å². The molecule has 2 N–H and O–H groups in total. The minimum Gasteiger partial charge on any atom is -0.488 e. The molecular formula is C20H20BrClFN3O4. The van der Waals surface area contributed by atoms with Crippen LogP contribution in [0.15, 0.2) is 46.0 Å². The molecule has 2 aromatic carbocycles. The first kappa shape index (κ1) is 23.8. The average molecular weight is 501 g/mol. The van der Waals surface area contributed by atoms with E-state index < -0.39 is 17.6 Å². The molecule has 0 fully saturated rings. The molecule has 0 aliphatic heterocycles. The van der Waals surface area contributed by atoms with Crippen LogP contribution in [0.1, 0.15) is 17.5 Å². The van der Waals surface area contributed by atoms with Crippen molar-refractivity contribution in [2.24, 2.45) is 5.10 Å². The number of hydrazone groups is 1. The predicted molar refractivity (Wildman–Crippen MR) is 115 cm³/mol. The second kappa shape index (κ2) is 12.3. The third-order valence-corrected chi connectivity index (χ3v) is 4.76. The summed E-state index contributed by atoms with van der Waals surface area (Å²) in [5, 5.41) is 6.49. The van der Waals surface area contributed by atoms with Gasteiger partial charge in [-0.3, -0.25) is 9.59 Å². The number of carbonyl (C=O) groups is 2.